The van der Waals surface area contributed by atoms with Crippen LogP contribution in [0, 0.1) is 0 Å². The van der Waals surface area contributed by atoms with Crippen LogP contribution in [0.2, 0.25) is 10.0 Å². The van der Waals surface area contributed by atoms with E-state index >= 15 is 0 Å². The molecule has 0 amide bonds. The third kappa shape index (κ3) is 5.33. The Morgan fingerprint density at radius 3 is 2.43 bits per heavy atom. The Bertz CT molecular complexity index is 558. The molecule has 0 fully saturated rings. The van der Waals surface area contributed by atoms with Gasteiger partial charge in [-0.15, -0.1) is 0 Å². The molecular formula is C17H20Cl2N2. The van der Waals surface area contributed by atoms with Crippen molar-refractivity contribution in [2.24, 2.45) is 5.73 Å². The van der Waals surface area contributed by atoms with E-state index < -0.39 is 0 Å². The quantitative estimate of drug-likeness (QED) is 0.821. The van der Waals surface area contributed by atoms with Gasteiger partial charge in [0.2, 0.25) is 0 Å². The summed E-state index contributed by atoms with van der Waals surface area (Å²) in [6.07, 6.45) is 0.963. The van der Waals surface area contributed by atoms with E-state index in [0.29, 0.717) is 11.6 Å². The van der Waals surface area contributed by atoms with E-state index in [9.17, 15) is 0 Å². The van der Waals surface area contributed by atoms with Crippen LogP contribution < -0.4 is 5.73 Å². The van der Waals surface area contributed by atoms with E-state index in [2.05, 4.69) is 29.2 Å². The van der Waals surface area contributed by atoms with Gasteiger partial charge in [0.05, 0.1) is 0 Å². The predicted octanol–water partition coefficient (Wildman–Crippen LogP) is 4.34. The van der Waals surface area contributed by atoms with Gasteiger partial charge in [0, 0.05) is 29.7 Å². The fourth-order valence-corrected chi connectivity index (χ4v) is 2.65. The maximum atomic E-state index is 6.27. The maximum absolute atomic E-state index is 6.27. The van der Waals surface area contributed by atoms with Crippen LogP contribution in [0.3, 0.4) is 0 Å². The Kier molecular flexibility index (Phi) is 6.52. The van der Waals surface area contributed by atoms with Crippen molar-refractivity contribution in [3.63, 3.8) is 0 Å². The zero-order valence-electron chi connectivity index (χ0n) is 11.9. The van der Waals surface area contributed by atoms with Crippen molar-refractivity contribution in [1.29, 1.82) is 0 Å². The minimum Gasteiger partial charge on any atom is -0.330 e. The highest BCUT2D eigenvalue weighted by Crippen LogP contribution is 2.22. The Labute approximate surface area is 136 Å². The average Bonchev–Trinajstić information content (AvgIpc) is 2.49. The third-order valence-electron chi connectivity index (χ3n) is 3.33. The summed E-state index contributed by atoms with van der Waals surface area (Å²) >= 11 is 12.3. The van der Waals surface area contributed by atoms with Gasteiger partial charge in [-0.3, -0.25) is 4.90 Å². The van der Waals surface area contributed by atoms with Gasteiger partial charge in [0.1, 0.15) is 0 Å². The van der Waals surface area contributed by atoms with E-state index in [1.807, 2.05) is 24.3 Å². The van der Waals surface area contributed by atoms with Gasteiger partial charge in [0.15, 0.2) is 0 Å². The molecule has 0 aliphatic heterocycles. The summed E-state index contributed by atoms with van der Waals surface area (Å²) < 4.78 is 0. The summed E-state index contributed by atoms with van der Waals surface area (Å²) in [5, 5.41) is 1.47. The van der Waals surface area contributed by atoms with Crippen LogP contribution in [0.1, 0.15) is 17.5 Å². The second-order valence-corrected chi connectivity index (χ2v) is 5.92. The van der Waals surface area contributed by atoms with Crippen LogP contribution in [0.25, 0.3) is 0 Å². The lowest BCUT2D eigenvalue weighted by Crippen LogP contribution is -2.25. The van der Waals surface area contributed by atoms with Crippen molar-refractivity contribution in [2.45, 2.75) is 19.5 Å². The third-order valence-corrected chi connectivity index (χ3v) is 3.93. The van der Waals surface area contributed by atoms with E-state index in [4.69, 9.17) is 28.9 Å². The maximum Gasteiger partial charge on any atom is 0.0452 e. The summed E-state index contributed by atoms with van der Waals surface area (Å²) in [5.74, 6) is 0. The first-order valence-electron chi connectivity index (χ1n) is 7.09. The smallest absolute Gasteiger partial charge is 0.0452 e. The highest BCUT2D eigenvalue weighted by molar-refractivity contribution is 6.33. The fraction of sp³-hybridized carbons (Fsp3) is 0.294. The van der Waals surface area contributed by atoms with Gasteiger partial charge in [-0.05, 0) is 42.3 Å². The summed E-state index contributed by atoms with van der Waals surface area (Å²) in [6.45, 7) is 3.28. The fourth-order valence-electron chi connectivity index (χ4n) is 2.28. The second kappa shape index (κ2) is 8.40. The zero-order valence-corrected chi connectivity index (χ0v) is 13.4. The van der Waals surface area contributed by atoms with Crippen molar-refractivity contribution >= 4 is 23.2 Å². The van der Waals surface area contributed by atoms with Gasteiger partial charge < -0.3 is 5.73 Å². The normalized spacial score (nSPS) is 11.0. The Morgan fingerprint density at radius 2 is 1.71 bits per heavy atom. The van der Waals surface area contributed by atoms with Crippen LogP contribution in [0.15, 0.2) is 48.5 Å². The molecule has 4 heteroatoms. The van der Waals surface area contributed by atoms with Crippen LogP contribution in [-0.4, -0.2) is 18.0 Å². The topological polar surface area (TPSA) is 29.3 Å². The number of rotatable bonds is 7. The molecule has 0 aliphatic carbocycles. The lowest BCUT2D eigenvalue weighted by atomic mass is 10.1. The number of benzene rings is 2. The number of hydrogen-bond acceptors (Lipinski definition) is 2. The molecule has 112 valence electrons. The SMILES string of the molecule is NCCCN(Cc1ccccc1)Cc1cc(Cl)ccc1Cl. The first-order chi connectivity index (χ1) is 10.2. The first-order valence-corrected chi connectivity index (χ1v) is 7.85. The molecule has 2 rings (SSSR count). The van der Waals surface area contributed by atoms with Gasteiger partial charge in [-0.1, -0.05) is 53.5 Å². The number of nitrogens with zero attached hydrogens (tertiary/aromatic N) is 1. The van der Waals surface area contributed by atoms with Crippen LogP contribution in [0.5, 0.6) is 0 Å². The van der Waals surface area contributed by atoms with Crippen molar-refractivity contribution in [2.75, 3.05) is 13.1 Å². The molecule has 21 heavy (non-hydrogen) atoms. The Hall–Kier alpha value is -1.06. The molecule has 2 N–H and O–H groups in total. The summed E-state index contributed by atoms with van der Waals surface area (Å²) in [5.41, 5.74) is 7.98. The molecule has 0 unspecified atom stereocenters. The van der Waals surface area contributed by atoms with Gasteiger partial charge >= 0.3 is 0 Å². The van der Waals surface area contributed by atoms with Gasteiger partial charge in [0.25, 0.3) is 0 Å². The second-order valence-electron chi connectivity index (χ2n) is 5.07. The Morgan fingerprint density at radius 1 is 0.952 bits per heavy atom. The van der Waals surface area contributed by atoms with Crippen LogP contribution >= 0.6 is 23.2 Å². The molecule has 0 saturated heterocycles. The number of hydrogen-bond donors (Lipinski definition) is 1. The van der Waals surface area contributed by atoms with Crippen LogP contribution in [-0.2, 0) is 13.1 Å². The van der Waals surface area contributed by atoms with E-state index in [1.54, 1.807) is 0 Å². The molecule has 2 nitrogen and oxygen atoms in total. The molecule has 0 radical (unpaired) electrons. The molecule has 2 aromatic rings. The molecule has 0 spiro atoms. The zero-order chi connectivity index (χ0) is 15.1. The first kappa shape index (κ1) is 16.3. The highest BCUT2D eigenvalue weighted by Gasteiger charge is 2.10. The van der Waals surface area contributed by atoms with Gasteiger partial charge in [-0.2, -0.15) is 0 Å². The Balaban J connectivity index is 2.10. The summed E-state index contributed by atoms with van der Waals surface area (Å²) in [6, 6.07) is 16.0. The largest absolute Gasteiger partial charge is 0.330 e. The van der Waals surface area contributed by atoms with Gasteiger partial charge in [-0.25, -0.2) is 0 Å². The lowest BCUT2D eigenvalue weighted by molar-refractivity contribution is 0.255. The molecule has 0 aliphatic rings. The predicted molar refractivity (Wildman–Crippen MR) is 90.7 cm³/mol. The minimum absolute atomic E-state index is 0.689. The summed E-state index contributed by atoms with van der Waals surface area (Å²) in [7, 11) is 0. The van der Waals surface area contributed by atoms with E-state index in [1.165, 1.54) is 5.56 Å². The highest BCUT2D eigenvalue weighted by atomic mass is 35.5. The van der Waals surface area contributed by atoms with E-state index in [-0.39, 0.29) is 0 Å². The summed E-state index contributed by atoms with van der Waals surface area (Å²) in [4.78, 5) is 2.35. The molecule has 0 saturated carbocycles. The van der Waals surface area contributed by atoms with Crippen molar-refractivity contribution in [3.05, 3.63) is 69.7 Å². The van der Waals surface area contributed by atoms with Crippen molar-refractivity contribution in [1.82, 2.24) is 4.90 Å². The standard InChI is InChI=1S/C17H20Cl2N2/c18-16-7-8-17(19)15(11-16)13-21(10-4-9-20)12-14-5-2-1-3-6-14/h1-3,5-8,11H,4,9-10,12-13,20H2. The molecule has 0 atom stereocenters. The van der Waals surface area contributed by atoms with Crippen molar-refractivity contribution in [3.8, 4) is 0 Å². The molecule has 0 heterocycles. The average molecular weight is 323 g/mol. The molecule has 0 aromatic heterocycles. The lowest BCUT2D eigenvalue weighted by Gasteiger charge is -2.23. The molecule has 0 bridgehead atoms. The monoisotopic (exact) mass is 322 g/mol. The van der Waals surface area contributed by atoms with E-state index in [0.717, 1.165) is 36.6 Å². The van der Waals surface area contributed by atoms with Crippen molar-refractivity contribution < 1.29 is 0 Å². The van der Waals surface area contributed by atoms with Crippen LogP contribution in [0.4, 0.5) is 0 Å². The number of nitrogens with two attached hydrogens (primary N) is 1. The molecule has 2 aromatic carbocycles. The number of halogens is 2. The minimum atomic E-state index is 0.689. The molecular weight excluding hydrogens is 303 g/mol.